The van der Waals surface area contributed by atoms with Crippen LogP contribution < -0.4 is 9.47 Å². The van der Waals surface area contributed by atoms with Crippen LogP contribution in [0.2, 0.25) is 0 Å². The monoisotopic (exact) mass is 380 g/mol. The summed E-state index contributed by atoms with van der Waals surface area (Å²) in [5.41, 5.74) is 1.08. The second-order valence-corrected chi connectivity index (χ2v) is 6.96. The molecule has 1 aromatic carbocycles. The van der Waals surface area contributed by atoms with Gasteiger partial charge >= 0.3 is 0 Å². The molecule has 2 rings (SSSR count). The number of carbonyl (C=O) groups is 1. The van der Waals surface area contributed by atoms with Gasteiger partial charge in [-0.05, 0) is 49.3 Å². The van der Waals surface area contributed by atoms with Gasteiger partial charge in [0.1, 0.15) is 5.76 Å². The third-order valence-corrected chi connectivity index (χ3v) is 5.20. The minimum Gasteiger partial charge on any atom is -0.493 e. The maximum atomic E-state index is 12.5. The Morgan fingerprint density at radius 3 is 2.63 bits per heavy atom. The summed E-state index contributed by atoms with van der Waals surface area (Å²) in [6.07, 6.45) is 3.77. The molecule has 0 fully saturated rings. The van der Waals surface area contributed by atoms with Crippen molar-refractivity contribution in [3.05, 3.63) is 35.6 Å². The number of allylic oxidation sites excluding steroid dienone is 2. The lowest BCUT2D eigenvalue weighted by Gasteiger charge is -2.32. The van der Waals surface area contributed by atoms with Gasteiger partial charge in [-0.25, -0.2) is 0 Å². The Bertz CT molecular complexity index is 658. The molecular formula is C21H29FO5. The molecule has 0 heterocycles. The average Bonchev–Trinajstić information content (AvgIpc) is 2.67. The summed E-state index contributed by atoms with van der Waals surface area (Å²) >= 11 is 0. The number of alkyl halides is 1. The van der Waals surface area contributed by atoms with Crippen LogP contribution in [0.15, 0.2) is 30.0 Å². The molecule has 1 aromatic rings. The standard InChI is InChI=1S/C21H29FO5/c1-14(9-15-6-7-19(25-2)21(10-15)26-3)17-11-16(5-4-8-22)18(24)12-20(17)27-13-23/h6-7,10,12,14,16-17,23H,4-5,8-9,11,13H2,1-3H3. The zero-order valence-electron chi connectivity index (χ0n) is 16.2. The minimum atomic E-state index is -0.464. The molecule has 1 N–H and O–H groups in total. The molecule has 0 bridgehead atoms. The van der Waals surface area contributed by atoms with Crippen molar-refractivity contribution in [3.63, 3.8) is 0 Å². The van der Waals surface area contributed by atoms with E-state index in [-0.39, 0.29) is 23.5 Å². The molecule has 0 saturated carbocycles. The summed E-state index contributed by atoms with van der Waals surface area (Å²) < 4.78 is 28.5. The first-order chi connectivity index (χ1) is 13.0. The van der Waals surface area contributed by atoms with Crippen molar-refractivity contribution >= 4 is 5.78 Å². The molecule has 0 saturated heterocycles. The van der Waals surface area contributed by atoms with Crippen LogP contribution in [0.25, 0.3) is 0 Å². The van der Waals surface area contributed by atoms with E-state index in [9.17, 15) is 14.3 Å². The van der Waals surface area contributed by atoms with Crippen LogP contribution in [-0.4, -0.2) is 38.6 Å². The fraction of sp³-hybridized carbons (Fsp3) is 0.571. The van der Waals surface area contributed by atoms with Crippen molar-refractivity contribution in [2.75, 3.05) is 27.7 Å². The normalized spacial score (nSPS) is 20.8. The minimum absolute atomic E-state index is 0.00689. The summed E-state index contributed by atoms with van der Waals surface area (Å²) in [6.45, 7) is 1.21. The molecule has 27 heavy (non-hydrogen) atoms. The van der Waals surface area contributed by atoms with Crippen molar-refractivity contribution in [1.82, 2.24) is 0 Å². The van der Waals surface area contributed by atoms with Gasteiger partial charge in [0.05, 0.1) is 20.9 Å². The van der Waals surface area contributed by atoms with Crippen molar-refractivity contribution in [1.29, 1.82) is 0 Å². The molecule has 150 valence electrons. The summed E-state index contributed by atoms with van der Waals surface area (Å²) in [6, 6.07) is 5.80. The smallest absolute Gasteiger partial charge is 0.185 e. The summed E-state index contributed by atoms with van der Waals surface area (Å²) in [5.74, 6) is 1.80. The second kappa shape index (κ2) is 10.3. The van der Waals surface area contributed by atoms with E-state index >= 15 is 0 Å². The number of hydrogen-bond acceptors (Lipinski definition) is 5. The number of rotatable bonds is 10. The van der Waals surface area contributed by atoms with Crippen molar-refractivity contribution in [2.24, 2.45) is 17.8 Å². The van der Waals surface area contributed by atoms with Crippen LogP contribution in [0.5, 0.6) is 11.5 Å². The highest BCUT2D eigenvalue weighted by atomic mass is 19.1. The fourth-order valence-electron chi connectivity index (χ4n) is 3.75. The molecule has 0 aromatic heterocycles. The highest BCUT2D eigenvalue weighted by molar-refractivity contribution is 5.93. The quantitative estimate of drug-likeness (QED) is 0.627. The van der Waals surface area contributed by atoms with E-state index in [0.717, 1.165) is 12.0 Å². The molecule has 0 amide bonds. The van der Waals surface area contributed by atoms with E-state index in [1.165, 1.54) is 6.08 Å². The molecule has 5 nitrogen and oxygen atoms in total. The lowest BCUT2D eigenvalue weighted by Crippen LogP contribution is -2.30. The Hall–Kier alpha value is -2.08. The zero-order valence-corrected chi connectivity index (χ0v) is 16.2. The third-order valence-electron chi connectivity index (χ3n) is 5.20. The van der Waals surface area contributed by atoms with Gasteiger partial charge in [0.2, 0.25) is 0 Å². The lowest BCUT2D eigenvalue weighted by molar-refractivity contribution is -0.120. The van der Waals surface area contributed by atoms with E-state index in [1.807, 2.05) is 18.2 Å². The van der Waals surface area contributed by atoms with Crippen LogP contribution in [0, 0.1) is 17.8 Å². The SMILES string of the molecule is COc1ccc(CC(C)C2CC(CCCF)C(=O)C=C2OCO)cc1OC. The van der Waals surface area contributed by atoms with Crippen LogP contribution in [-0.2, 0) is 16.0 Å². The van der Waals surface area contributed by atoms with Gasteiger partial charge in [0.15, 0.2) is 24.1 Å². The second-order valence-electron chi connectivity index (χ2n) is 6.96. The first kappa shape index (κ1) is 21.2. The molecular weight excluding hydrogens is 351 g/mol. The first-order valence-electron chi connectivity index (χ1n) is 9.30. The summed E-state index contributed by atoms with van der Waals surface area (Å²) in [7, 11) is 3.20. The first-order valence-corrected chi connectivity index (χ1v) is 9.30. The van der Waals surface area contributed by atoms with E-state index in [4.69, 9.17) is 14.2 Å². The van der Waals surface area contributed by atoms with Gasteiger partial charge in [0, 0.05) is 17.9 Å². The molecule has 0 spiro atoms. The van der Waals surface area contributed by atoms with Gasteiger partial charge in [-0.2, -0.15) is 0 Å². The van der Waals surface area contributed by atoms with Crippen molar-refractivity contribution < 1.29 is 28.5 Å². The number of benzene rings is 1. The Morgan fingerprint density at radius 1 is 1.26 bits per heavy atom. The van der Waals surface area contributed by atoms with Gasteiger partial charge < -0.3 is 19.3 Å². The number of hydrogen-bond donors (Lipinski definition) is 1. The predicted octanol–water partition coefficient (Wildman–Crippen LogP) is 3.69. The number of methoxy groups -OCH3 is 2. The van der Waals surface area contributed by atoms with E-state index in [1.54, 1.807) is 14.2 Å². The predicted molar refractivity (Wildman–Crippen MR) is 100 cm³/mol. The maximum absolute atomic E-state index is 12.5. The molecule has 3 unspecified atom stereocenters. The molecule has 3 atom stereocenters. The topological polar surface area (TPSA) is 65.0 Å². The molecule has 6 heteroatoms. The zero-order chi connectivity index (χ0) is 19.8. The number of halogens is 1. The summed E-state index contributed by atoms with van der Waals surface area (Å²) in [5, 5.41) is 9.17. The number of aliphatic hydroxyl groups excluding tert-OH is 1. The van der Waals surface area contributed by atoms with E-state index < -0.39 is 13.5 Å². The van der Waals surface area contributed by atoms with Crippen molar-refractivity contribution in [3.8, 4) is 11.5 Å². The molecule has 0 radical (unpaired) electrons. The van der Waals surface area contributed by atoms with E-state index in [2.05, 4.69) is 6.92 Å². The maximum Gasteiger partial charge on any atom is 0.185 e. The van der Waals surface area contributed by atoms with Gasteiger partial charge in [-0.3, -0.25) is 9.18 Å². The largest absolute Gasteiger partial charge is 0.493 e. The average molecular weight is 380 g/mol. The fourth-order valence-corrected chi connectivity index (χ4v) is 3.75. The Labute approximate surface area is 160 Å². The number of ketones is 1. The Kier molecular flexibility index (Phi) is 8.10. The Morgan fingerprint density at radius 2 is 2.00 bits per heavy atom. The van der Waals surface area contributed by atoms with Crippen LogP contribution in [0.4, 0.5) is 4.39 Å². The van der Waals surface area contributed by atoms with Crippen molar-refractivity contribution in [2.45, 2.75) is 32.6 Å². The van der Waals surface area contributed by atoms with Crippen LogP contribution >= 0.6 is 0 Å². The van der Waals surface area contributed by atoms with Crippen LogP contribution in [0.1, 0.15) is 31.7 Å². The highest BCUT2D eigenvalue weighted by Crippen LogP contribution is 2.37. The molecule has 0 aliphatic heterocycles. The number of ether oxygens (including phenoxy) is 3. The van der Waals surface area contributed by atoms with Gasteiger partial charge in [0.25, 0.3) is 0 Å². The molecule has 1 aliphatic rings. The van der Waals surface area contributed by atoms with Crippen LogP contribution in [0.3, 0.4) is 0 Å². The lowest BCUT2D eigenvalue weighted by atomic mass is 9.75. The van der Waals surface area contributed by atoms with Gasteiger partial charge in [-0.1, -0.05) is 13.0 Å². The number of carbonyl (C=O) groups excluding carboxylic acids is 1. The molecule has 1 aliphatic carbocycles. The third kappa shape index (κ3) is 5.45. The Balaban J connectivity index is 2.17. The van der Waals surface area contributed by atoms with Gasteiger partial charge in [-0.15, -0.1) is 0 Å². The highest BCUT2D eigenvalue weighted by Gasteiger charge is 2.34. The number of aliphatic hydroxyl groups is 1. The van der Waals surface area contributed by atoms with E-state index in [0.29, 0.717) is 36.5 Å². The summed E-state index contributed by atoms with van der Waals surface area (Å²) in [4.78, 5) is 12.3.